The summed E-state index contributed by atoms with van der Waals surface area (Å²) in [7, 11) is 0. The van der Waals surface area contributed by atoms with Crippen LogP contribution in [0, 0.1) is 0 Å². The molecule has 0 aromatic heterocycles. The summed E-state index contributed by atoms with van der Waals surface area (Å²) in [5, 5.41) is 0. The highest BCUT2D eigenvalue weighted by Gasteiger charge is 2.14. The second kappa shape index (κ2) is 7.87. The Kier molecular flexibility index (Phi) is 5.83. The Bertz CT molecular complexity index is 436. The largest absolute Gasteiger partial charge is 0.492 e. The lowest BCUT2D eigenvalue weighted by molar-refractivity contribution is -0.148. The summed E-state index contributed by atoms with van der Waals surface area (Å²) in [4.78, 5) is 13.4. The lowest BCUT2D eigenvalue weighted by atomic mass is 10.2. The summed E-state index contributed by atoms with van der Waals surface area (Å²) in [6, 6.07) is 8.07. The fourth-order valence-electron chi connectivity index (χ4n) is 2.12. The summed E-state index contributed by atoms with van der Waals surface area (Å²) in [5.41, 5.74) is 1.19. The molecule has 5 heteroatoms. The van der Waals surface area contributed by atoms with Gasteiger partial charge in [-0.15, -0.1) is 0 Å². The van der Waals surface area contributed by atoms with Crippen LogP contribution in [-0.2, 0) is 20.8 Å². The number of benzene rings is 1. The van der Waals surface area contributed by atoms with E-state index in [9.17, 15) is 4.79 Å². The van der Waals surface area contributed by atoms with Crippen LogP contribution in [0.5, 0.6) is 5.75 Å². The van der Waals surface area contributed by atoms with Gasteiger partial charge in [0.15, 0.2) is 0 Å². The van der Waals surface area contributed by atoms with Crippen molar-refractivity contribution >= 4 is 5.97 Å². The molecule has 1 aliphatic heterocycles. The Morgan fingerprint density at radius 2 is 2.25 bits per heavy atom. The van der Waals surface area contributed by atoms with Gasteiger partial charge in [-0.1, -0.05) is 18.2 Å². The van der Waals surface area contributed by atoms with Crippen molar-refractivity contribution in [3.8, 4) is 5.75 Å². The van der Waals surface area contributed by atoms with Gasteiger partial charge >= 0.3 is 5.97 Å². The van der Waals surface area contributed by atoms with Crippen LogP contribution >= 0.6 is 0 Å². The predicted octanol–water partition coefficient (Wildman–Crippen LogP) is 1.46. The van der Waals surface area contributed by atoms with Gasteiger partial charge in [0.05, 0.1) is 13.2 Å². The normalized spacial score (nSPS) is 15.1. The zero-order chi connectivity index (χ0) is 14.2. The van der Waals surface area contributed by atoms with Crippen LogP contribution in [0.25, 0.3) is 0 Å². The molecule has 0 amide bonds. The maximum Gasteiger partial charge on any atom is 0.332 e. The van der Waals surface area contributed by atoms with E-state index in [4.69, 9.17) is 14.2 Å². The van der Waals surface area contributed by atoms with Crippen molar-refractivity contribution < 1.29 is 19.0 Å². The molecule has 1 heterocycles. The van der Waals surface area contributed by atoms with E-state index >= 15 is 0 Å². The van der Waals surface area contributed by atoms with Gasteiger partial charge in [0.25, 0.3) is 0 Å². The van der Waals surface area contributed by atoms with Crippen molar-refractivity contribution in [1.82, 2.24) is 4.90 Å². The zero-order valence-corrected chi connectivity index (χ0v) is 11.8. The van der Waals surface area contributed by atoms with Gasteiger partial charge in [0, 0.05) is 25.2 Å². The smallest absolute Gasteiger partial charge is 0.332 e. The molecule has 1 aliphatic rings. The van der Waals surface area contributed by atoms with Crippen LogP contribution in [0.2, 0.25) is 0 Å². The number of carbonyl (C=O) groups is 1. The third kappa shape index (κ3) is 4.51. The molecule has 1 aromatic rings. The minimum Gasteiger partial charge on any atom is -0.492 e. The van der Waals surface area contributed by atoms with E-state index in [2.05, 4.69) is 11.0 Å². The number of para-hydroxylation sites is 1. The molecule has 0 unspecified atom stereocenters. The number of hydrogen-bond acceptors (Lipinski definition) is 5. The minimum absolute atomic E-state index is 0.0226. The number of nitrogens with zero attached hydrogens (tertiary/aromatic N) is 1. The second-order valence-electron chi connectivity index (χ2n) is 4.59. The SMILES string of the molecule is CCOC(=O)COCCN1CCOc2ccccc2C1. The summed E-state index contributed by atoms with van der Waals surface area (Å²) in [6.07, 6.45) is 0. The highest BCUT2D eigenvalue weighted by Crippen LogP contribution is 2.21. The molecule has 5 nitrogen and oxygen atoms in total. The molecule has 0 bridgehead atoms. The van der Waals surface area contributed by atoms with Crippen molar-refractivity contribution in [3.05, 3.63) is 29.8 Å². The fraction of sp³-hybridized carbons (Fsp3) is 0.533. The topological polar surface area (TPSA) is 48.0 Å². The van der Waals surface area contributed by atoms with Gasteiger partial charge in [-0.05, 0) is 13.0 Å². The van der Waals surface area contributed by atoms with E-state index in [0.29, 0.717) is 19.8 Å². The number of esters is 1. The molecule has 110 valence electrons. The summed E-state index contributed by atoms with van der Waals surface area (Å²) in [5.74, 6) is 0.652. The molecule has 0 N–H and O–H groups in total. The molecule has 0 aliphatic carbocycles. The third-order valence-corrected chi connectivity index (χ3v) is 3.11. The van der Waals surface area contributed by atoms with Crippen molar-refractivity contribution in [1.29, 1.82) is 0 Å². The average molecular weight is 279 g/mol. The van der Waals surface area contributed by atoms with Gasteiger partial charge in [-0.3, -0.25) is 4.90 Å². The van der Waals surface area contributed by atoms with Crippen molar-refractivity contribution in [2.24, 2.45) is 0 Å². The van der Waals surface area contributed by atoms with E-state index in [1.54, 1.807) is 6.92 Å². The summed E-state index contributed by atoms with van der Waals surface area (Å²) < 4.78 is 15.8. The lowest BCUT2D eigenvalue weighted by Gasteiger charge is -2.18. The van der Waals surface area contributed by atoms with E-state index in [0.717, 1.165) is 25.4 Å². The lowest BCUT2D eigenvalue weighted by Crippen LogP contribution is -2.30. The molecule has 0 saturated heterocycles. The fourth-order valence-corrected chi connectivity index (χ4v) is 2.12. The Labute approximate surface area is 119 Å². The molecule has 0 fully saturated rings. The van der Waals surface area contributed by atoms with Crippen LogP contribution < -0.4 is 4.74 Å². The maximum atomic E-state index is 11.1. The molecular weight excluding hydrogens is 258 g/mol. The van der Waals surface area contributed by atoms with Gasteiger partial charge in [0.1, 0.15) is 19.0 Å². The summed E-state index contributed by atoms with van der Waals surface area (Å²) >= 11 is 0. The Morgan fingerprint density at radius 3 is 3.10 bits per heavy atom. The van der Waals surface area contributed by atoms with Gasteiger partial charge in [0.2, 0.25) is 0 Å². The minimum atomic E-state index is -0.308. The molecule has 0 spiro atoms. The van der Waals surface area contributed by atoms with Crippen LogP contribution in [-0.4, -0.2) is 50.4 Å². The first-order valence-corrected chi connectivity index (χ1v) is 6.96. The molecule has 0 radical (unpaired) electrons. The van der Waals surface area contributed by atoms with E-state index in [-0.39, 0.29) is 12.6 Å². The predicted molar refractivity (Wildman–Crippen MR) is 74.7 cm³/mol. The van der Waals surface area contributed by atoms with Crippen molar-refractivity contribution in [2.45, 2.75) is 13.5 Å². The standard InChI is InChI=1S/C15H21NO4/c1-2-19-15(17)12-18-9-7-16-8-10-20-14-6-4-3-5-13(14)11-16/h3-6H,2,7-12H2,1H3. The number of fused-ring (bicyclic) bond motifs is 1. The van der Waals surface area contributed by atoms with Gasteiger partial charge < -0.3 is 14.2 Å². The average Bonchev–Trinajstić information content (AvgIpc) is 2.65. The number of carbonyl (C=O) groups excluding carboxylic acids is 1. The zero-order valence-electron chi connectivity index (χ0n) is 11.8. The first-order valence-electron chi connectivity index (χ1n) is 6.96. The number of hydrogen-bond donors (Lipinski definition) is 0. The first-order chi connectivity index (χ1) is 9.79. The highest BCUT2D eigenvalue weighted by molar-refractivity contribution is 5.70. The molecule has 2 rings (SSSR count). The monoisotopic (exact) mass is 279 g/mol. The molecular formula is C15H21NO4. The van der Waals surface area contributed by atoms with Crippen LogP contribution in [0.4, 0.5) is 0 Å². The number of rotatable bonds is 6. The Hall–Kier alpha value is -1.59. The highest BCUT2D eigenvalue weighted by atomic mass is 16.6. The van der Waals surface area contributed by atoms with Crippen LogP contribution in [0.1, 0.15) is 12.5 Å². The Morgan fingerprint density at radius 1 is 1.40 bits per heavy atom. The van der Waals surface area contributed by atoms with E-state index in [1.165, 1.54) is 5.56 Å². The van der Waals surface area contributed by atoms with Crippen LogP contribution in [0.15, 0.2) is 24.3 Å². The van der Waals surface area contributed by atoms with E-state index in [1.807, 2.05) is 18.2 Å². The van der Waals surface area contributed by atoms with E-state index < -0.39 is 0 Å². The first kappa shape index (κ1) is 14.8. The third-order valence-electron chi connectivity index (χ3n) is 3.11. The summed E-state index contributed by atoms with van der Waals surface area (Å²) in [6.45, 7) is 5.87. The quantitative estimate of drug-likeness (QED) is 0.583. The Balaban J connectivity index is 1.73. The van der Waals surface area contributed by atoms with Crippen molar-refractivity contribution in [3.63, 3.8) is 0 Å². The van der Waals surface area contributed by atoms with Crippen LogP contribution in [0.3, 0.4) is 0 Å². The van der Waals surface area contributed by atoms with Gasteiger partial charge in [-0.2, -0.15) is 0 Å². The second-order valence-corrected chi connectivity index (χ2v) is 4.59. The molecule has 20 heavy (non-hydrogen) atoms. The molecule has 1 aromatic carbocycles. The molecule has 0 saturated carbocycles. The van der Waals surface area contributed by atoms with Gasteiger partial charge in [-0.25, -0.2) is 4.79 Å². The van der Waals surface area contributed by atoms with Crippen molar-refractivity contribution in [2.75, 3.05) is 39.5 Å². The maximum absolute atomic E-state index is 11.1. The number of ether oxygens (including phenoxy) is 3. The molecule has 0 atom stereocenters.